The van der Waals surface area contributed by atoms with Crippen LogP contribution in [0.3, 0.4) is 0 Å². The Balaban J connectivity index is 1.58. The normalized spacial score (nSPS) is 20.5. The van der Waals surface area contributed by atoms with Crippen molar-refractivity contribution in [3.63, 3.8) is 0 Å². The second-order valence-corrected chi connectivity index (χ2v) is 12.4. The van der Waals surface area contributed by atoms with Crippen LogP contribution >= 0.6 is 11.6 Å². The summed E-state index contributed by atoms with van der Waals surface area (Å²) < 4.78 is 70.0. The van der Waals surface area contributed by atoms with E-state index in [1.807, 2.05) is 0 Å². The molecule has 0 spiro atoms. The second kappa shape index (κ2) is 9.57. The molecule has 2 fully saturated rings. The number of aryl methyl sites for hydroxylation is 1. The number of halogens is 4. The Hall–Kier alpha value is -3.56. The third kappa shape index (κ3) is 5.08. The van der Waals surface area contributed by atoms with Gasteiger partial charge in [0, 0.05) is 17.6 Å². The van der Waals surface area contributed by atoms with Crippen molar-refractivity contribution in [2.75, 3.05) is 11.4 Å². The number of anilines is 1. The van der Waals surface area contributed by atoms with E-state index in [1.165, 1.54) is 15.6 Å². The quantitative estimate of drug-likeness (QED) is 0.464. The van der Waals surface area contributed by atoms with Gasteiger partial charge in [0.2, 0.25) is 5.91 Å². The van der Waals surface area contributed by atoms with E-state index in [4.69, 9.17) is 11.6 Å². The number of hydrogen-bond acceptors (Lipinski definition) is 6. The highest BCUT2D eigenvalue weighted by atomic mass is 35.5. The van der Waals surface area contributed by atoms with Crippen LogP contribution in [0.25, 0.3) is 5.69 Å². The molecular formula is C26H23ClF3N5O3S. The molecule has 1 saturated heterocycles. The second-order valence-electron chi connectivity index (χ2n) is 9.78. The first-order valence-electron chi connectivity index (χ1n) is 12.1. The SMILES string of the molecule is Cc1cc(N2C[C@H](S(=O)(=O)c3ccccc3C(F)(F)F)C[C@H]2C(=O)NC2(C#N)CC2)n(-c2cccc(Cl)c2)n1. The van der Waals surface area contributed by atoms with Crippen LogP contribution in [0.5, 0.6) is 0 Å². The molecule has 8 nitrogen and oxygen atoms in total. The molecule has 0 bridgehead atoms. The summed E-state index contributed by atoms with van der Waals surface area (Å²) >= 11 is 6.17. The molecule has 2 heterocycles. The lowest BCUT2D eigenvalue weighted by atomic mass is 10.1. The summed E-state index contributed by atoms with van der Waals surface area (Å²) in [5.41, 5.74) is -1.17. The van der Waals surface area contributed by atoms with Crippen molar-refractivity contribution in [2.24, 2.45) is 0 Å². The van der Waals surface area contributed by atoms with Crippen molar-refractivity contribution in [3.8, 4) is 11.8 Å². The molecule has 204 valence electrons. The molecule has 2 aromatic carbocycles. The summed E-state index contributed by atoms with van der Waals surface area (Å²) in [6.07, 6.45) is -4.24. The molecule has 2 aliphatic rings. The fourth-order valence-corrected chi connectivity index (χ4v) is 6.94. The Kier molecular flexibility index (Phi) is 6.63. The average molecular weight is 578 g/mol. The zero-order chi connectivity index (χ0) is 28.2. The van der Waals surface area contributed by atoms with E-state index >= 15 is 0 Å². The topological polar surface area (TPSA) is 108 Å². The van der Waals surface area contributed by atoms with Gasteiger partial charge in [-0.3, -0.25) is 4.79 Å². The molecule has 2 atom stereocenters. The molecule has 1 amide bonds. The fraction of sp³-hybridized carbons (Fsp3) is 0.346. The lowest BCUT2D eigenvalue weighted by molar-refractivity contribution is -0.139. The Morgan fingerprint density at radius 3 is 2.54 bits per heavy atom. The summed E-state index contributed by atoms with van der Waals surface area (Å²) in [7, 11) is -4.53. The van der Waals surface area contributed by atoms with Crippen molar-refractivity contribution >= 4 is 33.2 Å². The van der Waals surface area contributed by atoms with Crippen LogP contribution in [-0.4, -0.2) is 47.5 Å². The van der Waals surface area contributed by atoms with Crippen molar-refractivity contribution in [1.82, 2.24) is 15.1 Å². The minimum Gasteiger partial charge on any atom is -0.343 e. The zero-order valence-corrected chi connectivity index (χ0v) is 22.2. The predicted molar refractivity (Wildman–Crippen MR) is 137 cm³/mol. The summed E-state index contributed by atoms with van der Waals surface area (Å²) in [6.45, 7) is 1.45. The van der Waals surface area contributed by atoms with Gasteiger partial charge in [-0.15, -0.1) is 0 Å². The van der Waals surface area contributed by atoms with Crippen molar-refractivity contribution in [2.45, 2.75) is 54.1 Å². The van der Waals surface area contributed by atoms with Gasteiger partial charge in [0.05, 0.1) is 33.2 Å². The van der Waals surface area contributed by atoms with Crippen LogP contribution in [0.15, 0.2) is 59.5 Å². The Bertz CT molecular complexity index is 1590. The molecular weight excluding hydrogens is 555 g/mol. The highest BCUT2D eigenvalue weighted by molar-refractivity contribution is 7.92. The highest BCUT2D eigenvalue weighted by Gasteiger charge is 2.50. The van der Waals surface area contributed by atoms with Gasteiger partial charge in [0.25, 0.3) is 0 Å². The lowest BCUT2D eigenvalue weighted by Gasteiger charge is -2.27. The molecule has 1 aromatic heterocycles. The van der Waals surface area contributed by atoms with Gasteiger partial charge in [-0.25, -0.2) is 13.1 Å². The molecule has 3 aromatic rings. The van der Waals surface area contributed by atoms with E-state index in [0.717, 1.165) is 18.2 Å². The summed E-state index contributed by atoms with van der Waals surface area (Å²) in [5.74, 6) is -0.203. The fourth-order valence-electron chi connectivity index (χ4n) is 4.85. The molecule has 1 N–H and O–H groups in total. The summed E-state index contributed by atoms with van der Waals surface area (Å²) in [6, 6.07) is 13.4. The van der Waals surface area contributed by atoms with Crippen molar-refractivity contribution in [3.05, 3.63) is 70.9 Å². The zero-order valence-electron chi connectivity index (χ0n) is 20.6. The highest BCUT2D eigenvalue weighted by Crippen LogP contribution is 2.40. The van der Waals surface area contributed by atoms with Crippen LogP contribution < -0.4 is 10.2 Å². The maximum Gasteiger partial charge on any atom is 0.417 e. The maximum atomic E-state index is 13.7. The van der Waals surface area contributed by atoms with E-state index in [9.17, 15) is 31.6 Å². The third-order valence-corrected chi connectivity index (χ3v) is 9.41. The molecule has 0 radical (unpaired) electrons. The number of carbonyl (C=O) groups excluding carboxylic acids is 1. The first-order chi connectivity index (χ1) is 18.3. The summed E-state index contributed by atoms with van der Waals surface area (Å²) in [5, 5.41) is 15.8. The first-order valence-corrected chi connectivity index (χ1v) is 14.0. The van der Waals surface area contributed by atoms with Gasteiger partial charge in [-0.1, -0.05) is 29.8 Å². The number of amides is 1. The number of hydrogen-bond donors (Lipinski definition) is 1. The van der Waals surface area contributed by atoms with Crippen LogP contribution in [0.4, 0.5) is 19.0 Å². The molecule has 13 heteroatoms. The number of nitrogens with zero attached hydrogens (tertiary/aromatic N) is 4. The van der Waals surface area contributed by atoms with Crippen LogP contribution in [0.2, 0.25) is 5.02 Å². The smallest absolute Gasteiger partial charge is 0.343 e. The average Bonchev–Trinajstić information content (AvgIpc) is 3.32. The number of benzene rings is 2. The molecule has 5 rings (SSSR count). The number of nitriles is 1. The maximum absolute atomic E-state index is 13.7. The molecule has 0 unspecified atom stereocenters. The number of alkyl halides is 3. The minimum atomic E-state index is -4.88. The Morgan fingerprint density at radius 1 is 1.18 bits per heavy atom. The van der Waals surface area contributed by atoms with E-state index in [2.05, 4.69) is 16.5 Å². The van der Waals surface area contributed by atoms with Gasteiger partial charge < -0.3 is 10.2 Å². The van der Waals surface area contributed by atoms with E-state index < -0.39 is 49.2 Å². The predicted octanol–water partition coefficient (Wildman–Crippen LogP) is 4.45. The van der Waals surface area contributed by atoms with E-state index in [-0.39, 0.29) is 13.0 Å². The van der Waals surface area contributed by atoms with Crippen molar-refractivity contribution < 1.29 is 26.4 Å². The Labute approximate surface area is 227 Å². The third-order valence-electron chi connectivity index (χ3n) is 6.99. The number of sulfone groups is 1. The van der Waals surface area contributed by atoms with Gasteiger partial charge in [0.1, 0.15) is 17.4 Å². The van der Waals surface area contributed by atoms with Crippen LogP contribution in [-0.2, 0) is 20.8 Å². The van der Waals surface area contributed by atoms with Crippen molar-refractivity contribution in [1.29, 1.82) is 5.26 Å². The monoisotopic (exact) mass is 577 g/mol. The molecule has 1 saturated carbocycles. The largest absolute Gasteiger partial charge is 0.417 e. The number of rotatable bonds is 6. The number of carbonyl (C=O) groups is 1. The molecule has 1 aliphatic heterocycles. The van der Waals surface area contributed by atoms with Gasteiger partial charge in [0.15, 0.2) is 9.84 Å². The van der Waals surface area contributed by atoms with E-state index in [0.29, 0.717) is 35.1 Å². The van der Waals surface area contributed by atoms with Crippen LogP contribution in [0, 0.1) is 18.3 Å². The van der Waals surface area contributed by atoms with E-state index in [1.54, 1.807) is 37.3 Å². The van der Waals surface area contributed by atoms with Gasteiger partial charge in [-0.2, -0.15) is 23.5 Å². The molecule has 39 heavy (non-hydrogen) atoms. The minimum absolute atomic E-state index is 0.266. The van der Waals surface area contributed by atoms with Gasteiger partial charge in [-0.05, 0) is 56.5 Å². The number of nitrogens with one attached hydrogen (secondary N) is 1. The Morgan fingerprint density at radius 2 is 1.90 bits per heavy atom. The molecule has 1 aliphatic carbocycles. The number of aromatic nitrogens is 2. The first kappa shape index (κ1) is 27.0. The summed E-state index contributed by atoms with van der Waals surface area (Å²) in [4.78, 5) is 14.2. The lowest BCUT2D eigenvalue weighted by Crippen LogP contribution is -2.48. The van der Waals surface area contributed by atoms with Crippen LogP contribution in [0.1, 0.15) is 30.5 Å². The van der Waals surface area contributed by atoms with Gasteiger partial charge >= 0.3 is 6.18 Å². The standard InChI is InChI=1S/C26H23ClF3N5O3S/c1-16-11-23(35(33-16)18-6-4-5-17(27)12-18)34-14-19(13-21(34)24(36)32-25(15-31)9-10-25)39(37,38)22-8-3-2-7-20(22)26(28,29)30/h2-8,11-12,19,21H,9-10,13-14H2,1H3,(H,32,36)/t19-,21+/m1/s1.